The second kappa shape index (κ2) is 10.2. The first kappa shape index (κ1) is 24.8. The van der Waals surface area contributed by atoms with Gasteiger partial charge in [-0.2, -0.15) is 9.29 Å². The summed E-state index contributed by atoms with van der Waals surface area (Å²) >= 11 is 0. The first-order valence-corrected chi connectivity index (χ1v) is 13.5. The molecule has 0 atom stereocenters. The van der Waals surface area contributed by atoms with E-state index < -0.39 is 14.9 Å². The number of non-ortho nitro benzene ring substituents is 1. The van der Waals surface area contributed by atoms with Crippen molar-refractivity contribution in [1.29, 1.82) is 0 Å². The summed E-state index contributed by atoms with van der Waals surface area (Å²) in [7, 11) is -3.81. The molecule has 1 fully saturated rings. The van der Waals surface area contributed by atoms with E-state index in [1.54, 1.807) is 0 Å². The normalized spacial score (nSPS) is 15.1. The number of aromatic nitrogens is 3. The highest BCUT2D eigenvalue weighted by atomic mass is 32.2. The van der Waals surface area contributed by atoms with Crippen LogP contribution < -0.4 is 4.90 Å². The van der Waals surface area contributed by atoms with Crippen molar-refractivity contribution in [1.82, 2.24) is 19.4 Å². The molecule has 0 unspecified atom stereocenters. The average Bonchev–Trinajstić information content (AvgIpc) is 3.17. The number of benzene rings is 2. The fourth-order valence-corrected chi connectivity index (χ4v) is 5.94. The molecule has 1 aliphatic rings. The van der Waals surface area contributed by atoms with Gasteiger partial charge in [-0.3, -0.25) is 10.1 Å². The second-order valence-corrected chi connectivity index (χ2v) is 10.7. The highest BCUT2D eigenvalue weighted by molar-refractivity contribution is 7.89. The van der Waals surface area contributed by atoms with E-state index in [9.17, 15) is 18.5 Å². The molecule has 12 heteroatoms. The van der Waals surface area contributed by atoms with Gasteiger partial charge in [0.1, 0.15) is 22.7 Å². The van der Waals surface area contributed by atoms with Crippen LogP contribution in [-0.2, 0) is 16.4 Å². The Morgan fingerprint density at radius 2 is 1.76 bits per heavy atom. The van der Waals surface area contributed by atoms with Gasteiger partial charge in [0.25, 0.3) is 11.4 Å². The molecular weight excluding hydrogens is 496 g/mol. The highest BCUT2D eigenvalue weighted by Gasteiger charge is 2.30. The van der Waals surface area contributed by atoms with Gasteiger partial charge >= 0.3 is 0 Å². The first-order chi connectivity index (χ1) is 17.9. The third kappa shape index (κ3) is 4.89. The van der Waals surface area contributed by atoms with Crippen molar-refractivity contribution >= 4 is 32.6 Å². The summed E-state index contributed by atoms with van der Waals surface area (Å²) in [5.41, 5.74) is 1.78. The Kier molecular flexibility index (Phi) is 6.85. The molecule has 3 heterocycles. The van der Waals surface area contributed by atoms with Crippen LogP contribution in [0.4, 0.5) is 11.5 Å². The van der Waals surface area contributed by atoms with Crippen LogP contribution in [0.15, 0.2) is 64.0 Å². The molecule has 0 radical (unpaired) electrons. The van der Waals surface area contributed by atoms with Crippen molar-refractivity contribution in [2.75, 3.05) is 31.1 Å². The Morgan fingerprint density at radius 1 is 1.00 bits per heavy atom. The SMILES string of the molecule is CCCc1nc(N2CCCN(S(=O)(=O)c3ccc([N+](=O)[O-])cc3)CC2)c2c(-c3ccccc3)noc2n1. The molecule has 1 aliphatic heterocycles. The van der Waals surface area contributed by atoms with Gasteiger partial charge in [0.05, 0.1) is 9.82 Å². The van der Waals surface area contributed by atoms with Crippen molar-refractivity contribution in [2.24, 2.45) is 0 Å². The molecule has 5 rings (SSSR count). The van der Waals surface area contributed by atoms with Crippen LogP contribution >= 0.6 is 0 Å². The van der Waals surface area contributed by atoms with Crippen LogP contribution in [0.2, 0.25) is 0 Å². The Balaban J connectivity index is 1.47. The van der Waals surface area contributed by atoms with Gasteiger partial charge in [0, 0.05) is 50.3 Å². The third-order valence-electron chi connectivity index (χ3n) is 6.32. The van der Waals surface area contributed by atoms with Gasteiger partial charge in [0.15, 0.2) is 0 Å². The molecule has 37 heavy (non-hydrogen) atoms. The van der Waals surface area contributed by atoms with Crippen molar-refractivity contribution in [3.63, 3.8) is 0 Å². The molecule has 4 aromatic rings. The number of nitro groups is 1. The molecule has 0 N–H and O–H groups in total. The smallest absolute Gasteiger partial charge is 0.269 e. The summed E-state index contributed by atoms with van der Waals surface area (Å²) in [5, 5.41) is 16.0. The van der Waals surface area contributed by atoms with Gasteiger partial charge in [-0.25, -0.2) is 13.4 Å². The van der Waals surface area contributed by atoms with E-state index in [0.29, 0.717) is 60.9 Å². The zero-order valence-corrected chi connectivity index (χ0v) is 21.1. The van der Waals surface area contributed by atoms with Crippen LogP contribution in [0, 0.1) is 10.1 Å². The number of nitrogens with zero attached hydrogens (tertiary/aromatic N) is 6. The van der Waals surface area contributed by atoms with Gasteiger partial charge in [-0.15, -0.1) is 0 Å². The van der Waals surface area contributed by atoms with Crippen LogP contribution in [0.3, 0.4) is 0 Å². The lowest BCUT2D eigenvalue weighted by Crippen LogP contribution is -2.35. The van der Waals surface area contributed by atoms with Gasteiger partial charge < -0.3 is 9.42 Å². The van der Waals surface area contributed by atoms with Crippen molar-refractivity contribution in [2.45, 2.75) is 31.1 Å². The van der Waals surface area contributed by atoms with E-state index in [1.807, 2.05) is 30.3 Å². The highest BCUT2D eigenvalue weighted by Crippen LogP contribution is 2.34. The van der Waals surface area contributed by atoms with Crippen LogP contribution in [-0.4, -0.2) is 58.9 Å². The first-order valence-electron chi connectivity index (χ1n) is 12.1. The lowest BCUT2D eigenvalue weighted by atomic mass is 10.1. The quantitative estimate of drug-likeness (QED) is 0.260. The van der Waals surface area contributed by atoms with Gasteiger partial charge in [-0.1, -0.05) is 42.4 Å². The Bertz CT molecular complexity index is 1520. The Morgan fingerprint density at radius 3 is 2.46 bits per heavy atom. The number of anilines is 1. The standard InChI is InChI=1S/C25H26N6O5S/c1-2-7-21-26-24(22-23(28-36-25(22)27-21)18-8-4-3-5-9-18)29-14-6-15-30(17-16-29)37(34,35)20-12-10-19(11-13-20)31(32)33/h3-5,8-13H,2,6-7,14-17H2,1H3. The molecule has 0 aliphatic carbocycles. The monoisotopic (exact) mass is 522 g/mol. The van der Waals surface area contributed by atoms with E-state index >= 15 is 0 Å². The summed E-state index contributed by atoms with van der Waals surface area (Å²) in [4.78, 5) is 22.0. The molecule has 0 bridgehead atoms. The molecular formula is C25H26N6O5S. The maximum absolute atomic E-state index is 13.3. The number of hydrogen-bond donors (Lipinski definition) is 0. The summed E-state index contributed by atoms with van der Waals surface area (Å²) in [6.07, 6.45) is 2.12. The van der Waals surface area contributed by atoms with E-state index in [2.05, 4.69) is 22.0 Å². The molecule has 0 saturated carbocycles. The fourth-order valence-electron chi connectivity index (χ4n) is 4.47. The van der Waals surface area contributed by atoms with Crippen molar-refractivity contribution in [3.05, 3.63) is 70.5 Å². The maximum atomic E-state index is 13.3. The Labute approximate surface area is 213 Å². The average molecular weight is 523 g/mol. The number of fused-ring (bicyclic) bond motifs is 1. The zero-order valence-electron chi connectivity index (χ0n) is 20.3. The van der Waals surface area contributed by atoms with Crippen LogP contribution in [0.1, 0.15) is 25.6 Å². The van der Waals surface area contributed by atoms with Crippen molar-refractivity contribution < 1.29 is 17.9 Å². The molecule has 0 amide bonds. The van der Waals surface area contributed by atoms with Crippen LogP contribution in [0.5, 0.6) is 0 Å². The largest absolute Gasteiger partial charge is 0.354 e. The molecule has 1 saturated heterocycles. The van der Waals surface area contributed by atoms with E-state index in [-0.39, 0.29) is 17.1 Å². The molecule has 2 aromatic heterocycles. The lowest BCUT2D eigenvalue weighted by molar-refractivity contribution is -0.384. The minimum Gasteiger partial charge on any atom is -0.354 e. The van der Waals surface area contributed by atoms with Gasteiger partial charge in [0.2, 0.25) is 10.0 Å². The molecule has 2 aromatic carbocycles. The maximum Gasteiger partial charge on any atom is 0.269 e. The predicted molar refractivity (Wildman–Crippen MR) is 138 cm³/mol. The number of rotatable bonds is 7. The third-order valence-corrected chi connectivity index (χ3v) is 8.24. The van der Waals surface area contributed by atoms with Crippen molar-refractivity contribution in [3.8, 4) is 11.3 Å². The van der Waals surface area contributed by atoms with E-state index in [0.717, 1.165) is 12.0 Å². The van der Waals surface area contributed by atoms with E-state index in [1.165, 1.54) is 28.6 Å². The number of sulfonamides is 1. The lowest BCUT2D eigenvalue weighted by Gasteiger charge is -2.23. The Hall–Kier alpha value is -3.90. The minimum absolute atomic E-state index is 0.0339. The summed E-state index contributed by atoms with van der Waals surface area (Å²) in [6.45, 7) is 3.60. The minimum atomic E-state index is -3.81. The molecule has 11 nitrogen and oxygen atoms in total. The fraction of sp³-hybridized carbons (Fsp3) is 0.320. The van der Waals surface area contributed by atoms with E-state index in [4.69, 9.17) is 9.51 Å². The van der Waals surface area contributed by atoms with Crippen LogP contribution in [0.25, 0.3) is 22.4 Å². The molecule has 192 valence electrons. The summed E-state index contributed by atoms with van der Waals surface area (Å²) in [5.74, 6) is 1.34. The number of nitro benzene ring substituents is 1. The summed E-state index contributed by atoms with van der Waals surface area (Å²) < 4.78 is 33.7. The molecule has 0 spiro atoms. The predicted octanol–water partition coefficient (Wildman–Crippen LogP) is 4.05. The topological polar surface area (TPSA) is 136 Å². The summed E-state index contributed by atoms with van der Waals surface area (Å²) in [6, 6.07) is 14.7. The number of hydrogen-bond acceptors (Lipinski definition) is 9. The van der Waals surface area contributed by atoms with Gasteiger partial charge in [-0.05, 0) is 25.0 Å². The number of aryl methyl sites for hydroxylation is 1. The second-order valence-electron chi connectivity index (χ2n) is 8.79. The zero-order chi connectivity index (χ0) is 26.0.